The van der Waals surface area contributed by atoms with Gasteiger partial charge in [-0.1, -0.05) is 0 Å². The van der Waals surface area contributed by atoms with Crippen LogP contribution in [0.15, 0.2) is 23.0 Å². The summed E-state index contributed by atoms with van der Waals surface area (Å²) in [6, 6.07) is 3.42. The largest absolute Gasteiger partial charge is 0.491 e. The van der Waals surface area contributed by atoms with Gasteiger partial charge >= 0.3 is 0 Å². The lowest BCUT2D eigenvalue weighted by Crippen LogP contribution is -2.37. The van der Waals surface area contributed by atoms with Crippen LogP contribution in [0, 0.1) is 11.6 Å². The SMILES string of the molecule is COc1c(F)ccc(NC(=O)Cc2nc(N3CCOCC3)cc(=O)[nH]2)c1F. The Kier molecular flexibility index (Phi) is 5.65. The van der Waals surface area contributed by atoms with E-state index in [2.05, 4.69) is 20.0 Å². The van der Waals surface area contributed by atoms with Crippen molar-refractivity contribution in [2.75, 3.05) is 43.6 Å². The van der Waals surface area contributed by atoms with E-state index in [9.17, 15) is 18.4 Å². The quantitative estimate of drug-likeness (QED) is 0.806. The van der Waals surface area contributed by atoms with Gasteiger partial charge in [-0.3, -0.25) is 9.59 Å². The molecule has 0 radical (unpaired) electrons. The molecule has 27 heavy (non-hydrogen) atoms. The first-order valence-electron chi connectivity index (χ1n) is 8.22. The number of benzene rings is 1. The van der Waals surface area contributed by atoms with Gasteiger partial charge in [0.05, 0.1) is 32.4 Å². The minimum absolute atomic E-state index is 0.135. The lowest BCUT2D eigenvalue weighted by Gasteiger charge is -2.27. The van der Waals surface area contributed by atoms with Gasteiger partial charge in [-0.25, -0.2) is 13.8 Å². The second-order valence-corrected chi connectivity index (χ2v) is 5.82. The number of nitrogens with zero attached hydrogens (tertiary/aromatic N) is 2. The van der Waals surface area contributed by atoms with Crippen molar-refractivity contribution in [3.8, 4) is 5.75 Å². The molecule has 1 saturated heterocycles. The average molecular weight is 380 g/mol. The summed E-state index contributed by atoms with van der Waals surface area (Å²) in [5.41, 5.74) is -0.631. The van der Waals surface area contributed by atoms with Gasteiger partial charge in [0, 0.05) is 19.2 Å². The molecule has 1 aromatic carbocycles. The Bertz CT molecular complexity index is 897. The van der Waals surface area contributed by atoms with Gasteiger partial charge < -0.3 is 24.7 Å². The Morgan fingerprint density at radius 1 is 1.37 bits per heavy atom. The minimum Gasteiger partial charge on any atom is -0.491 e. The topological polar surface area (TPSA) is 96.5 Å². The van der Waals surface area contributed by atoms with Crippen LogP contribution in [0.25, 0.3) is 0 Å². The molecule has 0 bridgehead atoms. The molecule has 0 unspecified atom stereocenters. The maximum absolute atomic E-state index is 14.1. The zero-order valence-electron chi connectivity index (χ0n) is 14.6. The van der Waals surface area contributed by atoms with Crippen molar-refractivity contribution in [2.45, 2.75) is 6.42 Å². The van der Waals surface area contributed by atoms with Crippen LogP contribution in [-0.4, -0.2) is 49.3 Å². The van der Waals surface area contributed by atoms with E-state index in [4.69, 9.17) is 4.74 Å². The van der Waals surface area contributed by atoms with Crippen molar-refractivity contribution in [1.29, 1.82) is 0 Å². The molecule has 2 aromatic rings. The monoisotopic (exact) mass is 380 g/mol. The maximum Gasteiger partial charge on any atom is 0.252 e. The van der Waals surface area contributed by atoms with E-state index in [1.54, 1.807) is 0 Å². The van der Waals surface area contributed by atoms with Crippen LogP contribution in [-0.2, 0) is 16.0 Å². The van der Waals surface area contributed by atoms with Gasteiger partial charge in [0.2, 0.25) is 5.91 Å². The van der Waals surface area contributed by atoms with Crippen molar-refractivity contribution in [3.63, 3.8) is 0 Å². The molecule has 0 aliphatic carbocycles. The van der Waals surface area contributed by atoms with Gasteiger partial charge in [0.25, 0.3) is 5.56 Å². The van der Waals surface area contributed by atoms with Crippen molar-refractivity contribution < 1.29 is 23.0 Å². The molecule has 8 nitrogen and oxygen atoms in total. The first-order chi connectivity index (χ1) is 13.0. The number of aromatic nitrogens is 2. The van der Waals surface area contributed by atoms with Crippen molar-refractivity contribution in [1.82, 2.24) is 9.97 Å². The van der Waals surface area contributed by atoms with Gasteiger partial charge in [-0.15, -0.1) is 0 Å². The standard InChI is InChI=1S/C17H18F2N4O4/c1-26-17-10(18)2-3-11(16(17)19)20-14(24)8-12-21-13(9-15(25)22-12)23-4-6-27-7-5-23/h2-3,9H,4-8H2,1H3,(H,20,24)(H,21,22,25). The number of ether oxygens (including phenoxy) is 2. The lowest BCUT2D eigenvalue weighted by molar-refractivity contribution is -0.115. The number of methoxy groups -OCH3 is 1. The number of hydrogen-bond donors (Lipinski definition) is 2. The number of morpholine rings is 1. The molecule has 1 fully saturated rings. The molecule has 0 atom stereocenters. The van der Waals surface area contributed by atoms with Gasteiger partial charge in [0.15, 0.2) is 17.4 Å². The third-order valence-corrected chi connectivity index (χ3v) is 3.97. The van der Waals surface area contributed by atoms with Crippen LogP contribution >= 0.6 is 0 Å². The third-order valence-electron chi connectivity index (χ3n) is 3.97. The van der Waals surface area contributed by atoms with Crippen LogP contribution in [0.4, 0.5) is 20.3 Å². The van der Waals surface area contributed by atoms with Gasteiger partial charge in [-0.2, -0.15) is 0 Å². The van der Waals surface area contributed by atoms with E-state index in [0.717, 1.165) is 19.2 Å². The summed E-state index contributed by atoms with van der Waals surface area (Å²) >= 11 is 0. The summed E-state index contributed by atoms with van der Waals surface area (Å²) in [6.45, 7) is 2.22. The van der Waals surface area contributed by atoms with E-state index >= 15 is 0 Å². The fraction of sp³-hybridized carbons (Fsp3) is 0.353. The molecule has 0 spiro atoms. The summed E-state index contributed by atoms with van der Waals surface area (Å²) in [6.07, 6.45) is -0.285. The highest BCUT2D eigenvalue weighted by molar-refractivity contribution is 5.92. The predicted molar refractivity (Wildman–Crippen MR) is 93.1 cm³/mol. The molecule has 1 aliphatic rings. The Morgan fingerprint density at radius 3 is 2.81 bits per heavy atom. The third kappa shape index (κ3) is 4.40. The fourth-order valence-corrected chi connectivity index (χ4v) is 2.69. The van der Waals surface area contributed by atoms with Crippen LogP contribution in [0.2, 0.25) is 0 Å². The summed E-state index contributed by atoms with van der Waals surface area (Å²) in [5, 5.41) is 2.32. The van der Waals surface area contributed by atoms with Gasteiger partial charge in [-0.05, 0) is 12.1 Å². The van der Waals surface area contributed by atoms with E-state index in [-0.39, 0.29) is 17.9 Å². The minimum atomic E-state index is -1.02. The summed E-state index contributed by atoms with van der Waals surface area (Å²) in [7, 11) is 1.12. The van der Waals surface area contributed by atoms with Crippen molar-refractivity contribution in [2.24, 2.45) is 0 Å². The van der Waals surface area contributed by atoms with Crippen LogP contribution in [0.1, 0.15) is 5.82 Å². The molecule has 1 aliphatic heterocycles. The Labute approximate surface area is 153 Å². The second kappa shape index (κ2) is 8.12. The number of H-pyrrole nitrogens is 1. The molecule has 1 amide bonds. The molecule has 2 N–H and O–H groups in total. The zero-order valence-corrected chi connectivity index (χ0v) is 14.6. The number of rotatable bonds is 5. The Morgan fingerprint density at radius 2 is 2.11 bits per heavy atom. The Balaban J connectivity index is 1.74. The molecule has 10 heteroatoms. The van der Waals surface area contributed by atoms with Crippen LogP contribution in [0.5, 0.6) is 5.75 Å². The van der Waals surface area contributed by atoms with E-state index < -0.39 is 28.9 Å². The van der Waals surface area contributed by atoms with Crippen molar-refractivity contribution >= 4 is 17.4 Å². The molecule has 144 valence electrons. The van der Waals surface area contributed by atoms with E-state index in [1.165, 1.54) is 6.07 Å². The predicted octanol–water partition coefficient (Wildman–Crippen LogP) is 1.07. The first kappa shape index (κ1) is 18.8. The highest BCUT2D eigenvalue weighted by atomic mass is 19.1. The summed E-state index contributed by atoms with van der Waals surface area (Å²) in [5.74, 6) is -2.53. The summed E-state index contributed by atoms with van der Waals surface area (Å²) < 4.78 is 37.5. The maximum atomic E-state index is 14.1. The second-order valence-electron chi connectivity index (χ2n) is 5.82. The lowest BCUT2D eigenvalue weighted by atomic mass is 10.2. The Hall–Kier alpha value is -3.01. The average Bonchev–Trinajstić information content (AvgIpc) is 2.65. The number of nitrogens with one attached hydrogen (secondary N) is 2. The fourth-order valence-electron chi connectivity index (χ4n) is 2.69. The van der Waals surface area contributed by atoms with Gasteiger partial charge in [0.1, 0.15) is 11.6 Å². The molecule has 1 aromatic heterocycles. The molecule has 2 heterocycles. The first-order valence-corrected chi connectivity index (χ1v) is 8.22. The van der Waals surface area contributed by atoms with E-state index in [1.807, 2.05) is 4.90 Å². The number of carbonyl (C=O) groups excluding carboxylic acids is 1. The number of amides is 1. The highest BCUT2D eigenvalue weighted by Crippen LogP contribution is 2.27. The van der Waals surface area contributed by atoms with E-state index in [0.29, 0.717) is 32.1 Å². The zero-order chi connectivity index (χ0) is 19.4. The molecule has 0 saturated carbocycles. The number of aromatic amines is 1. The number of carbonyl (C=O) groups is 1. The molecular weight excluding hydrogens is 362 g/mol. The highest BCUT2D eigenvalue weighted by Gasteiger charge is 2.18. The normalized spacial score (nSPS) is 14.1. The van der Waals surface area contributed by atoms with Crippen LogP contribution < -0.4 is 20.5 Å². The smallest absolute Gasteiger partial charge is 0.252 e. The van der Waals surface area contributed by atoms with Crippen molar-refractivity contribution in [3.05, 3.63) is 46.0 Å². The number of anilines is 2. The summed E-state index contributed by atoms with van der Waals surface area (Å²) in [4.78, 5) is 32.7. The van der Waals surface area contributed by atoms with Crippen LogP contribution in [0.3, 0.4) is 0 Å². The molecule has 3 rings (SSSR count). The number of halogens is 2. The number of hydrogen-bond acceptors (Lipinski definition) is 6. The molecular formula is C17H18F2N4O4.